The molecule has 25 heavy (non-hydrogen) atoms. The standard InChI is InChI=1S/C18H15ClN2O4/c19-13-2-4-14(5-3-13)20-17(22)12-8-21(9-12)18(23)11-1-6-15-16(7-11)25-10-24-15/h1-7,12H,8-10H2,(H,20,22). The maximum absolute atomic E-state index is 12.5. The summed E-state index contributed by atoms with van der Waals surface area (Å²) in [7, 11) is 0. The molecule has 6 nitrogen and oxygen atoms in total. The van der Waals surface area contributed by atoms with E-state index < -0.39 is 0 Å². The lowest BCUT2D eigenvalue weighted by Crippen LogP contribution is -2.54. The number of benzene rings is 2. The Hall–Kier alpha value is -2.73. The number of anilines is 1. The van der Waals surface area contributed by atoms with E-state index >= 15 is 0 Å². The number of rotatable bonds is 3. The van der Waals surface area contributed by atoms with Crippen molar-refractivity contribution in [2.75, 3.05) is 25.2 Å². The van der Waals surface area contributed by atoms with Crippen molar-refractivity contribution < 1.29 is 19.1 Å². The Morgan fingerprint density at radius 1 is 1.04 bits per heavy atom. The van der Waals surface area contributed by atoms with Gasteiger partial charge in [0.05, 0.1) is 5.92 Å². The lowest BCUT2D eigenvalue weighted by Gasteiger charge is -2.38. The smallest absolute Gasteiger partial charge is 0.254 e. The molecule has 128 valence electrons. The van der Waals surface area contributed by atoms with Crippen molar-refractivity contribution in [1.29, 1.82) is 0 Å². The van der Waals surface area contributed by atoms with Crippen LogP contribution in [0.15, 0.2) is 42.5 Å². The normalized spacial score (nSPS) is 15.6. The van der Waals surface area contributed by atoms with Crippen molar-refractivity contribution in [3.63, 3.8) is 0 Å². The van der Waals surface area contributed by atoms with Gasteiger partial charge in [-0.1, -0.05) is 11.6 Å². The molecule has 0 aromatic heterocycles. The van der Waals surface area contributed by atoms with Gasteiger partial charge >= 0.3 is 0 Å². The van der Waals surface area contributed by atoms with E-state index in [1.54, 1.807) is 47.4 Å². The predicted octanol–water partition coefficient (Wildman–Crippen LogP) is 2.78. The molecule has 2 heterocycles. The van der Waals surface area contributed by atoms with E-state index in [1.165, 1.54) is 0 Å². The molecule has 2 amide bonds. The number of nitrogens with zero attached hydrogens (tertiary/aromatic N) is 1. The number of carbonyl (C=O) groups excluding carboxylic acids is 2. The van der Waals surface area contributed by atoms with Crippen LogP contribution in [0.1, 0.15) is 10.4 Å². The zero-order valence-corrected chi connectivity index (χ0v) is 14.0. The Balaban J connectivity index is 1.34. The highest BCUT2D eigenvalue weighted by atomic mass is 35.5. The molecule has 2 aliphatic rings. The molecular formula is C18H15ClN2O4. The first-order chi connectivity index (χ1) is 12.1. The number of likely N-dealkylation sites (tertiary alicyclic amines) is 1. The third-order valence-electron chi connectivity index (χ3n) is 4.27. The molecule has 0 aliphatic carbocycles. The van der Waals surface area contributed by atoms with Crippen LogP contribution in [-0.4, -0.2) is 36.6 Å². The number of hydrogen-bond donors (Lipinski definition) is 1. The highest BCUT2D eigenvalue weighted by Crippen LogP contribution is 2.33. The van der Waals surface area contributed by atoms with Gasteiger partial charge in [0.15, 0.2) is 11.5 Å². The van der Waals surface area contributed by atoms with Crippen molar-refractivity contribution in [1.82, 2.24) is 4.90 Å². The summed E-state index contributed by atoms with van der Waals surface area (Å²) in [6.07, 6.45) is 0. The number of ether oxygens (including phenoxy) is 2. The lowest BCUT2D eigenvalue weighted by atomic mass is 9.97. The highest BCUT2D eigenvalue weighted by molar-refractivity contribution is 6.30. The maximum Gasteiger partial charge on any atom is 0.254 e. The van der Waals surface area contributed by atoms with Gasteiger partial charge in [0, 0.05) is 29.4 Å². The van der Waals surface area contributed by atoms with Gasteiger partial charge in [0.1, 0.15) is 0 Å². The molecule has 0 radical (unpaired) electrons. The van der Waals surface area contributed by atoms with Crippen LogP contribution >= 0.6 is 11.6 Å². The monoisotopic (exact) mass is 358 g/mol. The van der Waals surface area contributed by atoms with E-state index in [2.05, 4.69) is 5.32 Å². The van der Waals surface area contributed by atoms with Crippen LogP contribution in [0.5, 0.6) is 11.5 Å². The Labute approximate surface area is 149 Å². The van der Waals surface area contributed by atoms with Crippen LogP contribution < -0.4 is 14.8 Å². The van der Waals surface area contributed by atoms with Gasteiger partial charge in [-0.25, -0.2) is 0 Å². The summed E-state index contributed by atoms with van der Waals surface area (Å²) in [5.41, 5.74) is 1.22. The topological polar surface area (TPSA) is 67.9 Å². The van der Waals surface area contributed by atoms with Crippen LogP contribution in [0, 0.1) is 5.92 Å². The summed E-state index contributed by atoms with van der Waals surface area (Å²) in [4.78, 5) is 26.3. The molecule has 1 saturated heterocycles. The minimum Gasteiger partial charge on any atom is -0.454 e. The van der Waals surface area contributed by atoms with E-state index in [0.717, 1.165) is 0 Å². The van der Waals surface area contributed by atoms with E-state index in [0.29, 0.717) is 40.9 Å². The fraction of sp³-hybridized carbons (Fsp3) is 0.222. The van der Waals surface area contributed by atoms with Crippen LogP contribution in [0.4, 0.5) is 5.69 Å². The number of hydrogen-bond acceptors (Lipinski definition) is 4. The van der Waals surface area contributed by atoms with E-state index in [9.17, 15) is 9.59 Å². The zero-order valence-electron chi connectivity index (χ0n) is 13.2. The average molecular weight is 359 g/mol. The van der Waals surface area contributed by atoms with Gasteiger partial charge < -0.3 is 19.7 Å². The van der Waals surface area contributed by atoms with Gasteiger partial charge in [0.25, 0.3) is 5.91 Å². The average Bonchev–Trinajstić information content (AvgIpc) is 3.03. The molecule has 2 aliphatic heterocycles. The zero-order chi connectivity index (χ0) is 17.4. The summed E-state index contributed by atoms with van der Waals surface area (Å²) in [5, 5.41) is 3.45. The molecule has 1 fully saturated rings. The first kappa shape index (κ1) is 15.8. The Kier molecular flexibility index (Phi) is 3.97. The predicted molar refractivity (Wildman–Crippen MR) is 92.0 cm³/mol. The molecule has 0 spiro atoms. The second kappa shape index (κ2) is 6.29. The maximum atomic E-state index is 12.5. The van der Waals surface area contributed by atoms with Crippen LogP contribution in [0.3, 0.4) is 0 Å². The quantitative estimate of drug-likeness (QED) is 0.916. The van der Waals surface area contributed by atoms with E-state index in [1.807, 2.05) is 0 Å². The van der Waals surface area contributed by atoms with Crippen LogP contribution in [0.2, 0.25) is 5.02 Å². The Morgan fingerprint density at radius 3 is 2.52 bits per heavy atom. The molecule has 0 bridgehead atoms. The summed E-state index contributed by atoms with van der Waals surface area (Å²) in [6.45, 7) is 0.961. The van der Waals surface area contributed by atoms with Crippen molar-refractivity contribution in [2.45, 2.75) is 0 Å². The Bertz CT molecular complexity index is 831. The van der Waals surface area contributed by atoms with Gasteiger partial charge in [-0.3, -0.25) is 9.59 Å². The second-order valence-corrected chi connectivity index (χ2v) is 6.41. The van der Waals surface area contributed by atoms with E-state index in [4.69, 9.17) is 21.1 Å². The molecule has 0 atom stereocenters. The number of amides is 2. The van der Waals surface area contributed by atoms with Crippen LogP contribution in [-0.2, 0) is 4.79 Å². The molecule has 7 heteroatoms. The molecule has 4 rings (SSSR count). The highest BCUT2D eigenvalue weighted by Gasteiger charge is 2.36. The molecule has 0 saturated carbocycles. The molecule has 0 unspecified atom stereocenters. The third kappa shape index (κ3) is 3.13. The second-order valence-electron chi connectivity index (χ2n) is 5.97. The summed E-state index contributed by atoms with van der Waals surface area (Å²) >= 11 is 5.82. The van der Waals surface area contributed by atoms with Crippen molar-refractivity contribution >= 4 is 29.1 Å². The SMILES string of the molecule is O=C(Nc1ccc(Cl)cc1)C1CN(C(=O)c2ccc3c(c2)OCO3)C1. The number of nitrogens with one attached hydrogen (secondary N) is 1. The minimum atomic E-state index is -0.214. The number of carbonyl (C=O) groups is 2. The van der Waals surface area contributed by atoms with Gasteiger partial charge in [-0.15, -0.1) is 0 Å². The summed E-state index contributed by atoms with van der Waals surface area (Å²) in [6, 6.07) is 12.0. The fourth-order valence-electron chi connectivity index (χ4n) is 2.80. The third-order valence-corrected chi connectivity index (χ3v) is 4.52. The Morgan fingerprint density at radius 2 is 1.76 bits per heavy atom. The number of fused-ring (bicyclic) bond motifs is 1. The molecule has 1 N–H and O–H groups in total. The van der Waals surface area contributed by atoms with E-state index in [-0.39, 0.29) is 24.5 Å². The molecular weight excluding hydrogens is 344 g/mol. The van der Waals surface area contributed by atoms with Crippen molar-refractivity contribution in [3.05, 3.63) is 53.1 Å². The largest absolute Gasteiger partial charge is 0.454 e. The summed E-state index contributed by atoms with van der Waals surface area (Å²) in [5.74, 6) is 0.781. The number of halogens is 1. The van der Waals surface area contributed by atoms with Crippen LogP contribution in [0.25, 0.3) is 0 Å². The van der Waals surface area contributed by atoms with Crippen molar-refractivity contribution in [3.8, 4) is 11.5 Å². The first-order valence-electron chi connectivity index (χ1n) is 7.85. The molecule has 2 aromatic rings. The van der Waals surface area contributed by atoms with Gasteiger partial charge in [-0.05, 0) is 42.5 Å². The van der Waals surface area contributed by atoms with Gasteiger partial charge in [-0.2, -0.15) is 0 Å². The fourth-order valence-corrected chi connectivity index (χ4v) is 2.93. The van der Waals surface area contributed by atoms with Gasteiger partial charge in [0.2, 0.25) is 12.7 Å². The first-order valence-corrected chi connectivity index (χ1v) is 8.23. The summed E-state index contributed by atoms with van der Waals surface area (Å²) < 4.78 is 10.5. The molecule has 2 aromatic carbocycles. The van der Waals surface area contributed by atoms with Crippen molar-refractivity contribution in [2.24, 2.45) is 5.92 Å². The minimum absolute atomic E-state index is 0.0999. The lowest BCUT2D eigenvalue weighted by molar-refractivity contribution is -0.123.